The molecule has 2 saturated heterocycles. The molecule has 0 aliphatic carbocycles. The molecule has 2 aliphatic heterocycles. The lowest BCUT2D eigenvalue weighted by molar-refractivity contribution is 0.519. The minimum atomic E-state index is 0.668. The van der Waals surface area contributed by atoms with E-state index in [0.29, 0.717) is 5.92 Å². The van der Waals surface area contributed by atoms with Crippen molar-refractivity contribution in [2.75, 3.05) is 31.1 Å². The Balaban J connectivity index is 1.81. The van der Waals surface area contributed by atoms with Gasteiger partial charge in [0.15, 0.2) is 0 Å². The summed E-state index contributed by atoms with van der Waals surface area (Å²) >= 11 is 0. The van der Waals surface area contributed by atoms with Crippen molar-refractivity contribution in [3.63, 3.8) is 0 Å². The number of hydrogen-bond donors (Lipinski definition) is 1. The Morgan fingerprint density at radius 1 is 1.32 bits per heavy atom. The normalized spacial score (nSPS) is 26.4. The van der Waals surface area contributed by atoms with E-state index < -0.39 is 0 Å². The Kier molecular flexibility index (Phi) is 3.52. The van der Waals surface area contributed by atoms with Gasteiger partial charge < -0.3 is 14.8 Å². The summed E-state index contributed by atoms with van der Waals surface area (Å²) in [5, 5.41) is 3.51. The van der Waals surface area contributed by atoms with Crippen LogP contribution in [0.5, 0.6) is 0 Å². The van der Waals surface area contributed by atoms with E-state index in [-0.39, 0.29) is 0 Å². The van der Waals surface area contributed by atoms with E-state index in [9.17, 15) is 0 Å². The van der Waals surface area contributed by atoms with E-state index in [1.165, 1.54) is 37.8 Å². The van der Waals surface area contributed by atoms with Crippen molar-refractivity contribution in [3.8, 4) is 0 Å². The van der Waals surface area contributed by atoms with Gasteiger partial charge in [0.2, 0.25) is 5.95 Å². The average molecular weight is 262 g/mol. The van der Waals surface area contributed by atoms with Gasteiger partial charge in [0.25, 0.3) is 0 Å². The molecule has 106 valence electrons. The number of aryl methyl sites for hydroxylation is 1. The van der Waals surface area contributed by atoms with Gasteiger partial charge in [-0.1, -0.05) is 20.8 Å². The van der Waals surface area contributed by atoms with Gasteiger partial charge >= 0.3 is 0 Å². The molecule has 1 aromatic heterocycles. The number of nitrogens with zero attached hydrogens (tertiary/aromatic N) is 3. The fourth-order valence-electron chi connectivity index (χ4n) is 3.43. The molecule has 2 atom stereocenters. The summed E-state index contributed by atoms with van der Waals surface area (Å²) < 4.78 is 2.37. The van der Waals surface area contributed by atoms with Crippen molar-refractivity contribution in [1.82, 2.24) is 14.9 Å². The molecule has 2 fully saturated rings. The van der Waals surface area contributed by atoms with Crippen LogP contribution in [-0.2, 0) is 13.0 Å². The van der Waals surface area contributed by atoms with Crippen molar-refractivity contribution < 1.29 is 0 Å². The monoisotopic (exact) mass is 262 g/mol. The number of fused-ring (bicyclic) bond motifs is 1. The van der Waals surface area contributed by atoms with E-state index in [1.807, 2.05) is 0 Å². The van der Waals surface area contributed by atoms with Crippen molar-refractivity contribution in [3.05, 3.63) is 11.9 Å². The Hall–Kier alpha value is -1.03. The molecule has 0 amide bonds. The van der Waals surface area contributed by atoms with Crippen LogP contribution in [-0.4, -0.2) is 35.7 Å². The minimum absolute atomic E-state index is 0.668. The lowest BCUT2D eigenvalue weighted by atomic mass is 10.0. The third-order valence-electron chi connectivity index (χ3n) is 4.40. The molecule has 0 radical (unpaired) electrons. The number of imidazole rings is 1. The van der Waals surface area contributed by atoms with Crippen LogP contribution in [0, 0.1) is 17.8 Å². The third kappa shape index (κ3) is 2.50. The second-order valence-electron chi connectivity index (χ2n) is 6.52. The van der Waals surface area contributed by atoms with E-state index in [2.05, 4.69) is 41.8 Å². The van der Waals surface area contributed by atoms with Gasteiger partial charge in [-0.05, 0) is 24.2 Å². The Morgan fingerprint density at radius 3 is 2.58 bits per heavy atom. The summed E-state index contributed by atoms with van der Waals surface area (Å²) in [6.07, 6.45) is 3.28. The van der Waals surface area contributed by atoms with E-state index in [1.54, 1.807) is 0 Å². The standard InChI is InChI=1S/C15H26N4/c1-4-14-10-18(7-11(2)3)15(17-14)19-8-12-5-16-6-13(12)9-19/h10-13,16H,4-9H2,1-3H3. The van der Waals surface area contributed by atoms with Crippen LogP contribution in [0.3, 0.4) is 0 Å². The van der Waals surface area contributed by atoms with Crippen LogP contribution >= 0.6 is 0 Å². The molecule has 3 heterocycles. The van der Waals surface area contributed by atoms with Gasteiger partial charge in [-0.2, -0.15) is 0 Å². The van der Waals surface area contributed by atoms with Crippen molar-refractivity contribution in [1.29, 1.82) is 0 Å². The zero-order valence-corrected chi connectivity index (χ0v) is 12.4. The maximum Gasteiger partial charge on any atom is 0.205 e. The summed E-state index contributed by atoms with van der Waals surface area (Å²) in [5.74, 6) is 3.53. The predicted octanol–water partition coefficient (Wildman–Crippen LogP) is 1.76. The maximum atomic E-state index is 4.86. The molecule has 3 rings (SSSR count). The van der Waals surface area contributed by atoms with Gasteiger partial charge in [-0.3, -0.25) is 0 Å². The molecule has 1 aromatic rings. The van der Waals surface area contributed by atoms with Crippen molar-refractivity contribution in [2.45, 2.75) is 33.7 Å². The second kappa shape index (κ2) is 5.16. The smallest absolute Gasteiger partial charge is 0.205 e. The molecule has 0 aromatic carbocycles. The molecule has 19 heavy (non-hydrogen) atoms. The summed E-state index contributed by atoms with van der Waals surface area (Å²) in [5.41, 5.74) is 1.23. The second-order valence-corrected chi connectivity index (χ2v) is 6.52. The summed E-state index contributed by atoms with van der Waals surface area (Å²) in [6, 6.07) is 0. The number of hydrogen-bond acceptors (Lipinski definition) is 3. The Labute approximate surface area is 116 Å². The third-order valence-corrected chi connectivity index (χ3v) is 4.40. The first kappa shape index (κ1) is 13.0. The summed E-state index contributed by atoms with van der Waals surface area (Å²) in [4.78, 5) is 7.37. The molecule has 0 saturated carbocycles. The van der Waals surface area contributed by atoms with Crippen LogP contribution in [0.15, 0.2) is 6.20 Å². The highest BCUT2D eigenvalue weighted by Gasteiger charge is 2.37. The Bertz CT molecular complexity index is 425. The number of anilines is 1. The van der Waals surface area contributed by atoms with Crippen molar-refractivity contribution >= 4 is 5.95 Å². The Morgan fingerprint density at radius 2 is 2.00 bits per heavy atom. The first-order valence-corrected chi connectivity index (χ1v) is 7.69. The maximum absolute atomic E-state index is 4.86. The number of aromatic nitrogens is 2. The molecule has 1 N–H and O–H groups in total. The van der Waals surface area contributed by atoms with Crippen LogP contribution in [0.1, 0.15) is 26.5 Å². The highest BCUT2D eigenvalue weighted by molar-refractivity contribution is 5.36. The highest BCUT2D eigenvalue weighted by atomic mass is 15.3. The zero-order chi connectivity index (χ0) is 13.4. The minimum Gasteiger partial charge on any atom is -0.342 e. The molecule has 2 aliphatic rings. The van der Waals surface area contributed by atoms with Crippen LogP contribution in [0.2, 0.25) is 0 Å². The van der Waals surface area contributed by atoms with E-state index >= 15 is 0 Å². The lowest BCUT2D eigenvalue weighted by Gasteiger charge is -2.21. The van der Waals surface area contributed by atoms with Gasteiger partial charge in [0.05, 0.1) is 5.69 Å². The first-order chi connectivity index (χ1) is 9.17. The van der Waals surface area contributed by atoms with Gasteiger partial charge in [0.1, 0.15) is 0 Å². The van der Waals surface area contributed by atoms with Gasteiger partial charge in [-0.25, -0.2) is 4.98 Å². The molecule has 2 unspecified atom stereocenters. The molecular formula is C15H26N4. The lowest BCUT2D eigenvalue weighted by Crippen LogP contribution is -2.28. The van der Waals surface area contributed by atoms with Crippen LogP contribution < -0.4 is 10.2 Å². The summed E-state index contributed by atoms with van der Waals surface area (Å²) in [7, 11) is 0. The van der Waals surface area contributed by atoms with E-state index in [4.69, 9.17) is 4.98 Å². The van der Waals surface area contributed by atoms with Crippen LogP contribution in [0.25, 0.3) is 0 Å². The zero-order valence-electron chi connectivity index (χ0n) is 12.4. The van der Waals surface area contributed by atoms with Crippen molar-refractivity contribution in [2.24, 2.45) is 17.8 Å². The fourth-order valence-corrected chi connectivity index (χ4v) is 3.43. The van der Waals surface area contributed by atoms with Gasteiger partial charge in [-0.15, -0.1) is 0 Å². The first-order valence-electron chi connectivity index (χ1n) is 7.69. The number of rotatable bonds is 4. The largest absolute Gasteiger partial charge is 0.342 e. The van der Waals surface area contributed by atoms with Crippen LogP contribution in [0.4, 0.5) is 5.95 Å². The molecule has 4 nitrogen and oxygen atoms in total. The topological polar surface area (TPSA) is 33.1 Å². The van der Waals surface area contributed by atoms with Gasteiger partial charge in [0, 0.05) is 38.9 Å². The quantitative estimate of drug-likeness (QED) is 0.897. The molecule has 0 spiro atoms. The average Bonchev–Trinajstić information content (AvgIpc) is 2.99. The molecule has 4 heteroatoms. The molecular weight excluding hydrogens is 236 g/mol. The molecule has 0 bridgehead atoms. The summed E-state index contributed by atoms with van der Waals surface area (Å²) in [6.45, 7) is 12.5. The highest BCUT2D eigenvalue weighted by Crippen LogP contribution is 2.30. The fraction of sp³-hybridized carbons (Fsp3) is 0.800. The predicted molar refractivity (Wildman–Crippen MR) is 78.5 cm³/mol. The van der Waals surface area contributed by atoms with E-state index in [0.717, 1.165) is 24.8 Å². The number of nitrogens with one attached hydrogen (secondary N) is 1. The SMILES string of the molecule is CCc1cn(CC(C)C)c(N2CC3CNCC3C2)n1.